The van der Waals surface area contributed by atoms with Gasteiger partial charge in [0.15, 0.2) is 5.13 Å². The van der Waals surface area contributed by atoms with Crippen LogP contribution in [-0.4, -0.2) is 29.3 Å². The minimum Gasteiger partial charge on any atom is -0.467 e. The maximum absolute atomic E-state index is 5.48. The second-order valence-electron chi connectivity index (χ2n) is 5.97. The molecule has 3 rings (SSSR count). The molecule has 0 aromatic carbocycles. The maximum atomic E-state index is 5.48. The van der Waals surface area contributed by atoms with Crippen LogP contribution in [0.1, 0.15) is 30.5 Å². The van der Waals surface area contributed by atoms with E-state index in [-0.39, 0.29) is 0 Å². The van der Waals surface area contributed by atoms with Gasteiger partial charge in [-0.15, -0.1) is 11.3 Å². The first-order valence-electron chi connectivity index (χ1n) is 8.65. The number of hydrogen-bond acceptors (Lipinski definition) is 5. The minimum absolute atomic E-state index is 0.747. The molecule has 6 heteroatoms. The molecule has 0 radical (unpaired) electrons. The summed E-state index contributed by atoms with van der Waals surface area (Å²) in [6.45, 7) is 9.47. The Balaban J connectivity index is 1.68. The van der Waals surface area contributed by atoms with E-state index in [1.807, 2.05) is 19.1 Å². The summed E-state index contributed by atoms with van der Waals surface area (Å²) in [6.07, 6.45) is 2.70. The Bertz CT molecular complexity index is 790. The van der Waals surface area contributed by atoms with E-state index in [1.54, 1.807) is 17.6 Å². The fourth-order valence-electron chi connectivity index (χ4n) is 2.85. The van der Waals surface area contributed by atoms with Crippen molar-refractivity contribution in [2.24, 2.45) is 0 Å². The van der Waals surface area contributed by atoms with Crippen molar-refractivity contribution in [3.8, 4) is 11.3 Å². The SMILES string of the molecule is CCOCCCNc1nc(-c2cc(C)n(Cc3ccco3)c2C)cs1. The minimum atomic E-state index is 0.747. The van der Waals surface area contributed by atoms with Crippen LogP contribution in [0.2, 0.25) is 0 Å². The number of aryl methyl sites for hydroxylation is 1. The fourth-order valence-corrected chi connectivity index (χ4v) is 3.59. The Kier molecular flexibility index (Phi) is 5.94. The van der Waals surface area contributed by atoms with Crippen LogP contribution in [0.4, 0.5) is 5.13 Å². The van der Waals surface area contributed by atoms with E-state index < -0.39 is 0 Å². The molecule has 0 aliphatic carbocycles. The third kappa shape index (κ3) is 4.32. The van der Waals surface area contributed by atoms with Crippen molar-refractivity contribution < 1.29 is 9.15 Å². The molecule has 3 aromatic heterocycles. The molecule has 1 N–H and O–H groups in total. The first kappa shape index (κ1) is 17.8. The first-order valence-corrected chi connectivity index (χ1v) is 9.53. The van der Waals surface area contributed by atoms with Gasteiger partial charge in [0.25, 0.3) is 0 Å². The summed E-state index contributed by atoms with van der Waals surface area (Å²) in [5, 5.41) is 6.45. The molecule has 0 amide bonds. The van der Waals surface area contributed by atoms with Gasteiger partial charge in [-0.05, 0) is 45.4 Å². The zero-order valence-electron chi connectivity index (χ0n) is 15.0. The lowest BCUT2D eigenvalue weighted by molar-refractivity contribution is 0.147. The lowest BCUT2D eigenvalue weighted by Gasteiger charge is -2.07. The van der Waals surface area contributed by atoms with Gasteiger partial charge in [-0.1, -0.05) is 0 Å². The molecule has 0 bridgehead atoms. The van der Waals surface area contributed by atoms with E-state index in [4.69, 9.17) is 14.1 Å². The van der Waals surface area contributed by atoms with Crippen LogP contribution in [0.15, 0.2) is 34.3 Å². The van der Waals surface area contributed by atoms with E-state index in [2.05, 4.69) is 35.2 Å². The van der Waals surface area contributed by atoms with Gasteiger partial charge in [0.1, 0.15) is 5.76 Å². The molecular weight excluding hydrogens is 334 g/mol. The van der Waals surface area contributed by atoms with Crippen LogP contribution in [-0.2, 0) is 11.3 Å². The van der Waals surface area contributed by atoms with E-state index >= 15 is 0 Å². The van der Waals surface area contributed by atoms with Crippen molar-refractivity contribution in [1.82, 2.24) is 9.55 Å². The third-order valence-corrected chi connectivity index (χ3v) is 4.99. The van der Waals surface area contributed by atoms with Gasteiger partial charge in [0, 0.05) is 42.1 Å². The predicted molar refractivity (Wildman–Crippen MR) is 102 cm³/mol. The number of aromatic nitrogens is 2. The molecule has 3 aromatic rings. The van der Waals surface area contributed by atoms with Gasteiger partial charge in [-0.3, -0.25) is 0 Å². The van der Waals surface area contributed by atoms with Crippen LogP contribution in [0.25, 0.3) is 11.3 Å². The molecule has 0 saturated carbocycles. The largest absolute Gasteiger partial charge is 0.467 e. The number of thiazole rings is 1. The summed E-state index contributed by atoms with van der Waals surface area (Å²) in [6, 6.07) is 6.13. The highest BCUT2D eigenvalue weighted by Crippen LogP contribution is 2.30. The molecule has 0 spiro atoms. The van der Waals surface area contributed by atoms with Crippen molar-refractivity contribution in [3.05, 3.63) is 47.0 Å². The van der Waals surface area contributed by atoms with E-state index in [9.17, 15) is 0 Å². The normalized spacial score (nSPS) is 11.2. The highest BCUT2D eigenvalue weighted by molar-refractivity contribution is 7.14. The monoisotopic (exact) mass is 359 g/mol. The zero-order valence-corrected chi connectivity index (χ0v) is 15.9. The number of nitrogens with one attached hydrogen (secondary N) is 1. The van der Waals surface area contributed by atoms with Crippen LogP contribution in [0, 0.1) is 13.8 Å². The Labute approximate surface area is 152 Å². The predicted octanol–water partition coefficient (Wildman–Crippen LogP) is 4.71. The average Bonchev–Trinajstić information content (AvgIpc) is 3.32. The number of hydrogen-bond donors (Lipinski definition) is 1. The van der Waals surface area contributed by atoms with E-state index in [0.717, 1.165) is 49.3 Å². The second-order valence-corrected chi connectivity index (χ2v) is 6.82. The van der Waals surface area contributed by atoms with E-state index in [0.29, 0.717) is 0 Å². The zero-order chi connectivity index (χ0) is 17.6. The van der Waals surface area contributed by atoms with Gasteiger partial charge < -0.3 is 19.0 Å². The fraction of sp³-hybridized carbons (Fsp3) is 0.421. The Hall–Kier alpha value is -2.05. The second kappa shape index (κ2) is 8.36. The summed E-state index contributed by atoms with van der Waals surface area (Å²) in [4.78, 5) is 4.74. The molecule has 0 saturated heterocycles. The van der Waals surface area contributed by atoms with Crippen molar-refractivity contribution in [1.29, 1.82) is 0 Å². The number of anilines is 1. The third-order valence-electron chi connectivity index (χ3n) is 4.19. The summed E-state index contributed by atoms with van der Waals surface area (Å²) >= 11 is 1.65. The number of furan rings is 1. The van der Waals surface area contributed by atoms with Gasteiger partial charge in [0.05, 0.1) is 18.5 Å². The maximum Gasteiger partial charge on any atom is 0.183 e. The van der Waals surface area contributed by atoms with Crippen LogP contribution < -0.4 is 5.32 Å². The molecule has 0 fully saturated rings. The quantitative estimate of drug-likeness (QED) is 0.562. The Morgan fingerprint density at radius 3 is 3.00 bits per heavy atom. The molecule has 134 valence electrons. The Morgan fingerprint density at radius 2 is 2.24 bits per heavy atom. The number of rotatable bonds is 9. The number of ether oxygens (including phenoxy) is 1. The van der Waals surface area contributed by atoms with E-state index in [1.165, 1.54) is 17.0 Å². The molecule has 3 heterocycles. The van der Waals surface area contributed by atoms with Crippen molar-refractivity contribution in [2.45, 2.75) is 33.7 Å². The Morgan fingerprint density at radius 1 is 1.36 bits per heavy atom. The van der Waals surface area contributed by atoms with Crippen LogP contribution in [0.5, 0.6) is 0 Å². The molecular formula is C19H25N3O2S. The summed E-state index contributed by atoms with van der Waals surface area (Å²) in [7, 11) is 0. The van der Waals surface area contributed by atoms with Gasteiger partial charge in [-0.2, -0.15) is 0 Å². The highest BCUT2D eigenvalue weighted by atomic mass is 32.1. The van der Waals surface area contributed by atoms with Crippen LogP contribution in [0.3, 0.4) is 0 Å². The lowest BCUT2D eigenvalue weighted by Crippen LogP contribution is -2.05. The summed E-state index contributed by atoms with van der Waals surface area (Å²) in [5.74, 6) is 0.961. The van der Waals surface area contributed by atoms with Crippen molar-refractivity contribution >= 4 is 16.5 Å². The standard InChI is InChI=1S/C19H25N3O2S/c1-4-23-9-6-8-20-19-21-18(13-25-19)17-11-14(2)22(15(17)3)12-16-7-5-10-24-16/h5,7,10-11,13H,4,6,8-9,12H2,1-3H3,(H,20,21). The van der Waals surface area contributed by atoms with Crippen molar-refractivity contribution in [2.75, 3.05) is 25.1 Å². The first-order chi connectivity index (χ1) is 12.2. The molecule has 25 heavy (non-hydrogen) atoms. The lowest BCUT2D eigenvalue weighted by atomic mass is 10.2. The van der Waals surface area contributed by atoms with Gasteiger partial charge >= 0.3 is 0 Å². The molecule has 0 aliphatic rings. The molecule has 5 nitrogen and oxygen atoms in total. The average molecular weight is 359 g/mol. The molecule has 0 atom stereocenters. The molecule has 0 unspecified atom stereocenters. The summed E-state index contributed by atoms with van der Waals surface area (Å²) < 4.78 is 13.1. The smallest absolute Gasteiger partial charge is 0.183 e. The van der Waals surface area contributed by atoms with Gasteiger partial charge in [0.2, 0.25) is 0 Å². The van der Waals surface area contributed by atoms with Gasteiger partial charge in [-0.25, -0.2) is 4.98 Å². The highest BCUT2D eigenvalue weighted by Gasteiger charge is 2.14. The summed E-state index contributed by atoms with van der Waals surface area (Å²) in [5.41, 5.74) is 4.63. The topological polar surface area (TPSA) is 52.2 Å². The molecule has 0 aliphatic heterocycles. The number of nitrogens with zero attached hydrogens (tertiary/aromatic N) is 2. The van der Waals surface area contributed by atoms with Crippen molar-refractivity contribution in [3.63, 3.8) is 0 Å². The van der Waals surface area contributed by atoms with Crippen LogP contribution >= 0.6 is 11.3 Å².